The summed E-state index contributed by atoms with van der Waals surface area (Å²) in [5, 5.41) is 12.7. The van der Waals surface area contributed by atoms with E-state index in [4.69, 9.17) is 0 Å². The van der Waals surface area contributed by atoms with Crippen LogP contribution in [0.4, 0.5) is 0 Å². The second-order valence-electron chi connectivity index (χ2n) is 4.48. The van der Waals surface area contributed by atoms with Gasteiger partial charge in [-0.2, -0.15) is 0 Å². The molecule has 3 nitrogen and oxygen atoms in total. The van der Waals surface area contributed by atoms with E-state index in [-0.39, 0.29) is 24.0 Å². The van der Waals surface area contributed by atoms with Crippen molar-refractivity contribution in [3.05, 3.63) is 0 Å². The van der Waals surface area contributed by atoms with Crippen LogP contribution < -0.4 is 5.32 Å². The molecule has 0 saturated heterocycles. The maximum Gasteiger partial charge on any atom is 0.223 e. The molecular formula is C12H23NO2. The molecule has 3 heteroatoms. The number of carbonyl (C=O) groups excluding carboxylic acids is 1. The van der Waals surface area contributed by atoms with Crippen LogP contribution in [-0.2, 0) is 4.79 Å². The molecular weight excluding hydrogens is 190 g/mol. The zero-order chi connectivity index (χ0) is 11.3. The number of hydrogen-bond donors (Lipinski definition) is 2. The Morgan fingerprint density at radius 1 is 1.33 bits per heavy atom. The van der Waals surface area contributed by atoms with E-state index in [1.54, 1.807) is 0 Å². The Labute approximate surface area is 92.3 Å². The number of hydrogen-bond acceptors (Lipinski definition) is 2. The number of aliphatic hydroxyl groups excluding tert-OH is 1. The third-order valence-electron chi connectivity index (χ3n) is 3.41. The van der Waals surface area contributed by atoms with Gasteiger partial charge in [0, 0.05) is 5.92 Å². The van der Waals surface area contributed by atoms with Gasteiger partial charge < -0.3 is 10.4 Å². The second-order valence-corrected chi connectivity index (χ2v) is 4.48. The van der Waals surface area contributed by atoms with Crippen molar-refractivity contribution in [1.29, 1.82) is 0 Å². The van der Waals surface area contributed by atoms with Crippen molar-refractivity contribution in [1.82, 2.24) is 5.32 Å². The minimum absolute atomic E-state index is 0.00755. The first-order chi connectivity index (χ1) is 7.19. The van der Waals surface area contributed by atoms with E-state index in [0.29, 0.717) is 0 Å². The Balaban J connectivity index is 2.41. The standard InChI is InChI=1S/C12H23NO2/c1-3-9(4-2)12(15)13-10-7-5-6-8-11(10)14/h9-11,14H,3-8H2,1-2H3,(H,13,15)/t10-,11-/m0/s1. The summed E-state index contributed by atoms with van der Waals surface area (Å²) in [5.41, 5.74) is 0. The lowest BCUT2D eigenvalue weighted by molar-refractivity contribution is -0.127. The van der Waals surface area contributed by atoms with Gasteiger partial charge in [0.15, 0.2) is 0 Å². The largest absolute Gasteiger partial charge is 0.391 e. The van der Waals surface area contributed by atoms with Crippen molar-refractivity contribution < 1.29 is 9.90 Å². The van der Waals surface area contributed by atoms with Crippen molar-refractivity contribution in [2.45, 2.75) is 64.5 Å². The minimum atomic E-state index is -0.336. The van der Waals surface area contributed by atoms with Crippen LogP contribution >= 0.6 is 0 Å². The molecule has 1 aliphatic rings. The fourth-order valence-electron chi connectivity index (χ4n) is 2.24. The van der Waals surface area contributed by atoms with E-state index in [0.717, 1.165) is 38.5 Å². The average Bonchev–Trinajstić information content (AvgIpc) is 2.23. The number of aliphatic hydroxyl groups is 1. The highest BCUT2D eigenvalue weighted by Crippen LogP contribution is 2.19. The Kier molecular flexibility index (Phi) is 5.09. The summed E-state index contributed by atoms with van der Waals surface area (Å²) in [6.45, 7) is 4.07. The zero-order valence-electron chi connectivity index (χ0n) is 9.83. The Morgan fingerprint density at radius 3 is 2.47 bits per heavy atom. The molecule has 15 heavy (non-hydrogen) atoms. The average molecular weight is 213 g/mol. The molecule has 0 unspecified atom stereocenters. The normalized spacial score (nSPS) is 26.7. The number of rotatable bonds is 4. The summed E-state index contributed by atoms with van der Waals surface area (Å²) >= 11 is 0. The van der Waals surface area contributed by atoms with Crippen LogP contribution in [-0.4, -0.2) is 23.2 Å². The molecule has 2 atom stereocenters. The lowest BCUT2D eigenvalue weighted by atomic mass is 9.91. The van der Waals surface area contributed by atoms with Gasteiger partial charge in [-0.05, 0) is 25.7 Å². The van der Waals surface area contributed by atoms with Crippen molar-refractivity contribution in [3.8, 4) is 0 Å². The predicted octanol–water partition coefficient (Wildman–Crippen LogP) is 1.84. The van der Waals surface area contributed by atoms with Crippen LogP contribution in [0.5, 0.6) is 0 Å². The van der Waals surface area contributed by atoms with Crippen LogP contribution in [0.2, 0.25) is 0 Å². The molecule has 0 spiro atoms. The molecule has 0 radical (unpaired) electrons. The van der Waals surface area contributed by atoms with Crippen molar-refractivity contribution in [2.24, 2.45) is 5.92 Å². The van der Waals surface area contributed by atoms with Crippen LogP contribution in [0, 0.1) is 5.92 Å². The predicted molar refractivity (Wildman–Crippen MR) is 60.5 cm³/mol. The lowest BCUT2D eigenvalue weighted by Crippen LogP contribution is -2.47. The van der Waals surface area contributed by atoms with Gasteiger partial charge in [-0.1, -0.05) is 26.7 Å². The maximum absolute atomic E-state index is 11.8. The van der Waals surface area contributed by atoms with Gasteiger partial charge in [-0.15, -0.1) is 0 Å². The van der Waals surface area contributed by atoms with E-state index >= 15 is 0 Å². The zero-order valence-corrected chi connectivity index (χ0v) is 9.83. The first-order valence-corrected chi connectivity index (χ1v) is 6.17. The SMILES string of the molecule is CCC(CC)C(=O)N[C@H]1CCCC[C@@H]1O. The van der Waals surface area contributed by atoms with Crippen LogP contribution in [0.25, 0.3) is 0 Å². The highest BCUT2D eigenvalue weighted by Gasteiger charge is 2.26. The third-order valence-corrected chi connectivity index (χ3v) is 3.41. The topological polar surface area (TPSA) is 49.3 Å². The summed E-state index contributed by atoms with van der Waals surface area (Å²) in [7, 11) is 0. The molecule has 1 fully saturated rings. The quantitative estimate of drug-likeness (QED) is 0.748. The molecule has 0 bridgehead atoms. The Bertz CT molecular complexity index is 202. The molecule has 1 rings (SSSR count). The molecule has 0 aromatic rings. The molecule has 0 aromatic heterocycles. The van der Waals surface area contributed by atoms with Crippen LogP contribution in [0.15, 0.2) is 0 Å². The maximum atomic E-state index is 11.8. The van der Waals surface area contributed by atoms with Gasteiger partial charge in [0.05, 0.1) is 12.1 Å². The highest BCUT2D eigenvalue weighted by molar-refractivity contribution is 5.78. The lowest BCUT2D eigenvalue weighted by Gasteiger charge is -2.29. The van der Waals surface area contributed by atoms with Gasteiger partial charge in [-0.25, -0.2) is 0 Å². The second kappa shape index (κ2) is 6.11. The van der Waals surface area contributed by atoms with E-state index in [2.05, 4.69) is 5.32 Å². The Morgan fingerprint density at radius 2 is 1.93 bits per heavy atom. The molecule has 2 N–H and O–H groups in total. The summed E-state index contributed by atoms with van der Waals surface area (Å²) in [4.78, 5) is 11.8. The molecule has 88 valence electrons. The van der Waals surface area contributed by atoms with Crippen molar-refractivity contribution in [2.75, 3.05) is 0 Å². The number of nitrogens with one attached hydrogen (secondary N) is 1. The van der Waals surface area contributed by atoms with E-state index in [1.807, 2.05) is 13.8 Å². The molecule has 1 aliphatic carbocycles. The molecule has 0 heterocycles. The molecule has 1 amide bonds. The molecule has 0 aromatic carbocycles. The monoisotopic (exact) mass is 213 g/mol. The first-order valence-electron chi connectivity index (χ1n) is 6.17. The minimum Gasteiger partial charge on any atom is -0.391 e. The number of amides is 1. The van der Waals surface area contributed by atoms with E-state index in [9.17, 15) is 9.90 Å². The van der Waals surface area contributed by atoms with E-state index in [1.165, 1.54) is 0 Å². The van der Waals surface area contributed by atoms with Crippen LogP contribution in [0.3, 0.4) is 0 Å². The highest BCUT2D eigenvalue weighted by atomic mass is 16.3. The molecule has 0 aliphatic heterocycles. The Hall–Kier alpha value is -0.570. The van der Waals surface area contributed by atoms with Gasteiger partial charge in [0.25, 0.3) is 0 Å². The van der Waals surface area contributed by atoms with E-state index < -0.39 is 0 Å². The van der Waals surface area contributed by atoms with Gasteiger partial charge in [-0.3, -0.25) is 4.79 Å². The summed E-state index contributed by atoms with van der Waals surface area (Å²) in [6.07, 6.45) is 5.37. The smallest absolute Gasteiger partial charge is 0.223 e. The van der Waals surface area contributed by atoms with Gasteiger partial charge in [0.1, 0.15) is 0 Å². The summed E-state index contributed by atoms with van der Waals surface area (Å²) in [5.74, 6) is 0.227. The molecule has 1 saturated carbocycles. The van der Waals surface area contributed by atoms with Gasteiger partial charge in [0.2, 0.25) is 5.91 Å². The van der Waals surface area contributed by atoms with Crippen molar-refractivity contribution in [3.63, 3.8) is 0 Å². The van der Waals surface area contributed by atoms with Gasteiger partial charge >= 0.3 is 0 Å². The van der Waals surface area contributed by atoms with Crippen molar-refractivity contribution >= 4 is 5.91 Å². The summed E-state index contributed by atoms with van der Waals surface area (Å²) < 4.78 is 0. The third kappa shape index (κ3) is 3.49. The fourth-order valence-corrected chi connectivity index (χ4v) is 2.24. The summed E-state index contributed by atoms with van der Waals surface area (Å²) in [6, 6.07) is -0.00755. The first kappa shape index (κ1) is 12.5. The fraction of sp³-hybridized carbons (Fsp3) is 0.917. The number of carbonyl (C=O) groups is 1. The van der Waals surface area contributed by atoms with Crippen LogP contribution in [0.1, 0.15) is 52.4 Å².